The summed E-state index contributed by atoms with van der Waals surface area (Å²) in [5, 5.41) is 13.1. The number of hydrogen-bond donors (Lipinski definition) is 2. The van der Waals surface area contributed by atoms with Crippen molar-refractivity contribution in [2.75, 3.05) is 6.54 Å². The molecule has 84 valence electrons. The van der Waals surface area contributed by atoms with Crippen LogP contribution in [-0.4, -0.2) is 17.7 Å². The lowest BCUT2D eigenvalue weighted by Crippen LogP contribution is -2.32. The number of nitrogens with one attached hydrogen (secondary N) is 1. The van der Waals surface area contributed by atoms with Gasteiger partial charge in [0.15, 0.2) is 0 Å². The molecule has 2 unspecified atom stereocenters. The van der Waals surface area contributed by atoms with Gasteiger partial charge in [0, 0.05) is 10.5 Å². The van der Waals surface area contributed by atoms with Crippen molar-refractivity contribution in [3.63, 3.8) is 0 Å². The van der Waals surface area contributed by atoms with Crippen molar-refractivity contribution in [2.24, 2.45) is 0 Å². The van der Waals surface area contributed by atoms with Gasteiger partial charge in [-0.25, -0.2) is 4.39 Å². The average Bonchev–Trinajstić information content (AvgIpc) is 2.17. The number of aliphatic hydroxyl groups excluding tert-OH is 1. The molecule has 2 atom stereocenters. The van der Waals surface area contributed by atoms with Crippen molar-refractivity contribution in [3.8, 4) is 0 Å². The van der Waals surface area contributed by atoms with E-state index in [1.807, 2.05) is 13.8 Å². The molecule has 0 aliphatic rings. The van der Waals surface area contributed by atoms with E-state index in [0.29, 0.717) is 10.0 Å². The highest BCUT2D eigenvalue weighted by Gasteiger charge is 2.17. The summed E-state index contributed by atoms with van der Waals surface area (Å²) in [5.41, 5.74) is 0.699. The maximum absolute atomic E-state index is 12.8. The van der Waals surface area contributed by atoms with E-state index in [4.69, 9.17) is 0 Å². The first-order valence-corrected chi connectivity index (χ1v) is 5.72. The van der Waals surface area contributed by atoms with Gasteiger partial charge < -0.3 is 10.4 Å². The molecule has 0 bridgehead atoms. The van der Waals surface area contributed by atoms with Crippen LogP contribution < -0.4 is 5.32 Å². The molecule has 0 saturated carbocycles. The molecule has 15 heavy (non-hydrogen) atoms. The minimum atomic E-state index is -0.639. The van der Waals surface area contributed by atoms with E-state index in [0.717, 1.165) is 6.54 Å². The van der Waals surface area contributed by atoms with Crippen LogP contribution in [0.25, 0.3) is 0 Å². The Morgan fingerprint density at radius 1 is 1.53 bits per heavy atom. The Morgan fingerprint density at radius 2 is 2.20 bits per heavy atom. The minimum Gasteiger partial charge on any atom is -0.387 e. The Balaban J connectivity index is 2.86. The lowest BCUT2D eigenvalue weighted by Gasteiger charge is -2.20. The van der Waals surface area contributed by atoms with Crippen molar-refractivity contribution in [2.45, 2.75) is 26.0 Å². The molecule has 2 nitrogen and oxygen atoms in total. The number of aliphatic hydroxyl groups is 1. The van der Waals surface area contributed by atoms with E-state index in [2.05, 4.69) is 21.2 Å². The fourth-order valence-corrected chi connectivity index (χ4v) is 2.03. The molecular weight excluding hydrogens is 261 g/mol. The van der Waals surface area contributed by atoms with E-state index in [-0.39, 0.29) is 11.9 Å². The Bertz CT molecular complexity index is 332. The Morgan fingerprint density at radius 3 is 2.73 bits per heavy atom. The molecule has 0 spiro atoms. The van der Waals surface area contributed by atoms with E-state index in [1.165, 1.54) is 12.1 Å². The van der Waals surface area contributed by atoms with Crippen LogP contribution in [0.3, 0.4) is 0 Å². The van der Waals surface area contributed by atoms with Gasteiger partial charge in [-0.15, -0.1) is 0 Å². The zero-order chi connectivity index (χ0) is 11.4. The number of halogens is 2. The van der Waals surface area contributed by atoms with Crippen LogP contribution in [0.5, 0.6) is 0 Å². The summed E-state index contributed by atoms with van der Waals surface area (Å²) in [4.78, 5) is 0. The summed E-state index contributed by atoms with van der Waals surface area (Å²) < 4.78 is 13.4. The summed E-state index contributed by atoms with van der Waals surface area (Å²) in [7, 11) is 0. The van der Waals surface area contributed by atoms with Crippen LogP contribution in [0.4, 0.5) is 4.39 Å². The van der Waals surface area contributed by atoms with Crippen LogP contribution in [0, 0.1) is 5.82 Å². The zero-order valence-corrected chi connectivity index (χ0v) is 10.4. The van der Waals surface area contributed by atoms with Crippen molar-refractivity contribution in [1.29, 1.82) is 0 Å². The minimum absolute atomic E-state index is 0.0586. The predicted octanol–water partition coefficient (Wildman–Crippen LogP) is 2.62. The summed E-state index contributed by atoms with van der Waals surface area (Å²) in [6, 6.07) is 4.24. The molecule has 1 aromatic rings. The molecule has 2 N–H and O–H groups in total. The van der Waals surface area contributed by atoms with Crippen LogP contribution in [0.15, 0.2) is 22.7 Å². The van der Waals surface area contributed by atoms with Crippen LogP contribution >= 0.6 is 15.9 Å². The van der Waals surface area contributed by atoms with Gasteiger partial charge in [0.1, 0.15) is 5.82 Å². The van der Waals surface area contributed by atoms with Gasteiger partial charge in [-0.3, -0.25) is 0 Å². The first-order chi connectivity index (χ1) is 7.06. The van der Waals surface area contributed by atoms with Crippen molar-refractivity contribution in [3.05, 3.63) is 34.1 Å². The van der Waals surface area contributed by atoms with Gasteiger partial charge in [-0.05, 0) is 31.2 Å². The second kappa shape index (κ2) is 5.58. The normalized spacial score (nSPS) is 15.0. The van der Waals surface area contributed by atoms with Gasteiger partial charge in [0.25, 0.3) is 0 Å². The molecule has 0 aliphatic carbocycles. The van der Waals surface area contributed by atoms with E-state index < -0.39 is 6.10 Å². The third-order valence-electron chi connectivity index (χ3n) is 2.28. The van der Waals surface area contributed by atoms with E-state index >= 15 is 0 Å². The molecule has 0 saturated heterocycles. The smallest absolute Gasteiger partial charge is 0.124 e. The lowest BCUT2D eigenvalue weighted by molar-refractivity contribution is 0.136. The van der Waals surface area contributed by atoms with Crippen molar-refractivity contribution in [1.82, 2.24) is 5.32 Å². The molecule has 1 rings (SSSR count). The Labute approximate surface area is 97.6 Å². The second-order valence-electron chi connectivity index (χ2n) is 3.46. The highest BCUT2D eigenvalue weighted by atomic mass is 79.9. The fourth-order valence-electron chi connectivity index (χ4n) is 1.44. The van der Waals surface area contributed by atoms with Gasteiger partial charge in [-0.2, -0.15) is 0 Å². The molecule has 0 fully saturated rings. The SMILES string of the molecule is CCNC(C)C(O)c1ccc(F)cc1Br. The zero-order valence-electron chi connectivity index (χ0n) is 8.80. The number of rotatable bonds is 4. The molecule has 4 heteroatoms. The number of benzene rings is 1. The molecule has 0 aromatic heterocycles. The summed E-state index contributed by atoms with van der Waals surface area (Å²) in [6.45, 7) is 4.66. The molecular formula is C11H15BrFNO. The van der Waals surface area contributed by atoms with E-state index in [9.17, 15) is 9.50 Å². The maximum atomic E-state index is 12.8. The molecule has 1 aromatic carbocycles. The summed E-state index contributed by atoms with van der Waals surface area (Å²) in [6.07, 6.45) is -0.639. The monoisotopic (exact) mass is 275 g/mol. The topological polar surface area (TPSA) is 32.3 Å². The van der Waals surface area contributed by atoms with Crippen LogP contribution in [-0.2, 0) is 0 Å². The van der Waals surface area contributed by atoms with Crippen molar-refractivity contribution >= 4 is 15.9 Å². The maximum Gasteiger partial charge on any atom is 0.124 e. The van der Waals surface area contributed by atoms with Crippen LogP contribution in [0.1, 0.15) is 25.5 Å². The van der Waals surface area contributed by atoms with Gasteiger partial charge in [-0.1, -0.05) is 28.9 Å². The van der Waals surface area contributed by atoms with Gasteiger partial charge in [0.2, 0.25) is 0 Å². The highest BCUT2D eigenvalue weighted by Crippen LogP contribution is 2.26. The first-order valence-electron chi connectivity index (χ1n) is 4.92. The Kier molecular flexibility index (Phi) is 4.70. The molecule has 0 heterocycles. The molecule has 0 aliphatic heterocycles. The fraction of sp³-hybridized carbons (Fsp3) is 0.455. The quantitative estimate of drug-likeness (QED) is 0.886. The number of likely N-dealkylation sites (N-methyl/N-ethyl adjacent to an activating group) is 1. The number of hydrogen-bond acceptors (Lipinski definition) is 2. The van der Waals surface area contributed by atoms with Gasteiger partial charge >= 0.3 is 0 Å². The largest absolute Gasteiger partial charge is 0.387 e. The third kappa shape index (κ3) is 3.26. The van der Waals surface area contributed by atoms with E-state index in [1.54, 1.807) is 6.07 Å². The average molecular weight is 276 g/mol. The highest BCUT2D eigenvalue weighted by molar-refractivity contribution is 9.10. The lowest BCUT2D eigenvalue weighted by atomic mass is 10.0. The molecule has 0 radical (unpaired) electrons. The van der Waals surface area contributed by atoms with Crippen molar-refractivity contribution < 1.29 is 9.50 Å². The first kappa shape index (κ1) is 12.6. The standard InChI is InChI=1S/C11H15BrFNO/c1-3-14-7(2)11(15)9-5-4-8(13)6-10(9)12/h4-7,11,14-15H,3H2,1-2H3. The third-order valence-corrected chi connectivity index (χ3v) is 2.97. The Hall–Kier alpha value is -0.450. The van der Waals surface area contributed by atoms with Crippen LogP contribution in [0.2, 0.25) is 0 Å². The summed E-state index contributed by atoms with van der Waals surface area (Å²) in [5.74, 6) is -0.311. The predicted molar refractivity (Wildman–Crippen MR) is 62.2 cm³/mol. The van der Waals surface area contributed by atoms with Gasteiger partial charge in [0.05, 0.1) is 6.10 Å². The summed E-state index contributed by atoms with van der Waals surface area (Å²) >= 11 is 3.24. The molecule has 0 amide bonds. The second-order valence-corrected chi connectivity index (χ2v) is 4.31.